The lowest BCUT2D eigenvalue weighted by molar-refractivity contribution is 0.00578. The Balaban J connectivity index is 1.29. The van der Waals surface area contributed by atoms with Gasteiger partial charge in [-0.3, -0.25) is 0 Å². The fourth-order valence-corrected chi connectivity index (χ4v) is 5.87. The highest BCUT2D eigenvalue weighted by atomic mass is 16.7. The lowest BCUT2D eigenvalue weighted by Gasteiger charge is -2.32. The summed E-state index contributed by atoms with van der Waals surface area (Å²) in [6.07, 6.45) is 2.05. The van der Waals surface area contributed by atoms with Crippen LogP contribution in [0.15, 0.2) is 84.9 Å². The van der Waals surface area contributed by atoms with Gasteiger partial charge in [0, 0.05) is 16.5 Å². The molecule has 3 nitrogen and oxygen atoms in total. The van der Waals surface area contributed by atoms with Crippen molar-refractivity contribution in [2.75, 3.05) is 0 Å². The van der Waals surface area contributed by atoms with Crippen LogP contribution in [0.1, 0.15) is 38.8 Å². The molecule has 4 heteroatoms. The maximum absolute atomic E-state index is 6.31. The molecule has 0 bridgehead atoms. The average molecular weight is 471 g/mol. The first-order chi connectivity index (χ1) is 17.3. The van der Waals surface area contributed by atoms with Gasteiger partial charge in [-0.1, -0.05) is 60.7 Å². The van der Waals surface area contributed by atoms with Gasteiger partial charge < -0.3 is 13.9 Å². The first-order valence-corrected chi connectivity index (χ1v) is 12.9. The normalized spacial score (nSPS) is 17.9. The third-order valence-corrected chi connectivity index (χ3v) is 8.54. The van der Waals surface area contributed by atoms with E-state index in [2.05, 4.69) is 117 Å². The minimum atomic E-state index is -0.330. The molecule has 0 saturated carbocycles. The maximum Gasteiger partial charge on any atom is 0.494 e. The highest BCUT2D eigenvalue weighted by Crippen LogP contribution is 2.39. The van der Waals surface area contributed by atoms with Crippen LogP contribution in [0.5, 0.6) is 0 Å². The zero-order chi connectivity index (χ0) is 24.7. The van der Waals surface area contributed by atoms with Crippen molar-refractivity contribution in [3.05, 3.63) is 96.1 Å². The smallest absolute Gasteiger partial charge is 0.399 e. The van der Waals surface area contributed by atoms with Crippen LogP contribution in [0, 0.1) is 0 Å². The largest absolute Gasteiger partial charge is 0.494 e. The zero-order valence-electron chi connectivity index (χ0n) is 21.3. The van der Waals surface area contributed by atoms with Gasteiger partial charge in [0.15, 0.2) is 0 Å². The van der Waals surface area contributed by atoms with Gasteiger partial charge >= 0.3 is 7.12 Å². The van der Waals surface area contributed by atoms with Crippen molar-refractivity contribution in [2.24, 2.45) is 0 Å². The lowest BCUT2D eigenvalue weighted by atomic mass is 9.75. The molecule has 1 fully saturated rings. The molecular weight excluding hydrogens is 441 g/mol. The van der Waals surface area contributed by atoms with E-state index in [1.807, 2.05) is 0 Å². The van der Waals surface area contributed by atoms with E-state index in [0.717, 1.165) is 18.3 Å². The van der Waals surface area contributed by atoms with E-state index in [1.54, 1.807) is 0 Å². The van der Waals surface area contributed by atoms with Crippen molar-refractivity contribution in [1.29, 1.82) is 0 Å². The Labute approximate surface area is 212 Å². The van der Waals surface area contributed by atoms with Crippen LogP contribution in [0.2, 0.25) is 0 Å². The van der Waals surface area contributed by atoms with Gasteiger partial charge in [0.2, 0.25) is 0 Å². The Hall–Kier alpha value is -3.34. The van der Waals surface area contributed by atoms with Crippen molar-refractivity contribution < 1.29 is 9.31 Å². The van der Waals surface area contributed by atoms with Crippen molar-refractivity contribution in [1.82, 2.24) is 4.57 Å². The first-order valence-electron chi connectivity index (χ1n) is 12.9. The molecule has 0 amide bonds. The summed E-state index contributed by atoms with van der Waals surface area (Å²) in [4.78, 5) is 0. The molecule has 1 saturated heterocycles. The number of aromatic nitrogens is 1. The minimum Gasteiger partial charge on any atom is -0.399 e. The second kappa shape index (κ2) is 7.58. The van der Waals surface area contributed by atoms with Crippen LogP contribution in [0.4, 0.5) is 0 Å². The molecule has 0 unspecified atom stereocenters. The van der Waals surface area contributed by atoms with E-state index in [-0.39, 0.29) is 18.3 Å². The number of rotatable bonds is 2. The Morgan fingerprint density at radius 1 is 0.639 bits per heavy atom. The molecular formula is C32H30BNO2. The molecule has 2 heterocycles. The number of aryl methyl sites for hydroxylation is 2. The fourth-order valence-electron chi connectivity index (χ4n) is 5.87. The summed E-state index contributed by atoms with van der Waals surface area (Å²) in [5.74, 6) is 0. The molecule has 0 radical (unpaired) electrons. The number of para-hydroxylation sites is 2. The number of nitrogens with zero attached hydrogens (tertiary/aromatic N) is 1. The molecule has 4 aromatic carbocycles. The van der Waals surface area contributed by atoms with Crippen LogP contribution in [0.25, 0.3) is 38.6 Å². The number of hydrogen-bond acceptors (Lipinski definition) is 2. The van der Waals surface area contributed by atoms with Gasteiger partial charge in [-0.05, 0) is 92.5 Å². The SMILES string of the molecule is CC1(C)OB(c2ccc3c(c2)CCc2cc(-n4c5ccccc5c5ccccc54)ccc2-3)OC1(C)C. The van der Waals surface area contributed by atoms with Crippen molar-refractivity contribution >= 4 is 34.4 Å². The molecule has 36 heavy (non-hydrogen) atoms. The van der Waals surface area contributed by atoms with Crippen LogP contribution >= 0.6 is 0 Å². The molecule has 2 aliphatic rings. The zero-order valence-corrected chi connectivity index (χ0v) is 21.3. The summed E-state index contributed by atoms with van der Waals surface area (Å²) in [7, 11) is -0.320. The van der Waals surface area contributed by atoms with E-state index in [1.165, 1.54) is 49.7 Å². The summed E-state index contributed by atoms with van der Waals surface area (Å²) in [6.45, 7) is 8.43. The van der Waals surface area contributed by atoms with E-state index in [4.69, 9.17) is 9.31 Å². The van der Waals surface area contributed by atoms with E-state index >= 15 is 0 Å². The Morgan fingerprint density at radius 3 is 1.78 bits per heavy atom. The third kappa shape index (κ3) is 3.14. The number of hydrogen-bond donors (Lipinski definition) is 0. The van der Waals surface area contributed by atoms with Crippen molar-refractivity contribution in [2.45, 2.75) is 51.7 Å². The maximum atomic E-state index is 6.31. The Kier molecular flexibility index (Phi) is 4.61. The summed E-state index contributed by atoms with van der Waals surface area (Å²) >= 11 is 0. The molecule has 178 valence electrons. The average Bonchev–Trinajstić information content (AvgIpc) is 3.33. The van der Waals surface area contributed by atoms with E-state index in [0.29, 0.717) is 0 Å². The van der Waals surface area contributed by atoms with Crippen LogP contribution in [0.3, 0.4) is 0 Å². The van der Waals surface area contributed by atoms with Crippen molar-refractivity contribution in [3.63, 3.8) is 0 Å². The van der Waals surface area contributed by atoms with Gasteiger partial charge in [0.05, 0.1) is 22.2 Å². The molecule has 5 aromatic rings. The van der Waals surface area contributed by atoms with Gasteiger partial charge in [-0.25, -0.2) is 0 Å². The van der Waals surface area contributed by atoms with Gasteiger partial charge in [0.1, 0.15) is 0 Å². The summed E-state index contributed by atoms with van der Waals surface area (Å²) in [5.41, 5.74) is 9.62. The number of fused-ring (bicyclic) bond motifs is 6. The van der Waals surface area contributed by atoms with Gasteiger partial charge in [0.25, 0.3) is 0 Å². The predicted octanol–water partition coefficient (Wildman–Crippen LogP) is 6.85. The van der Waals surface area contributed by atoms with Crippen LogP contribution in [-0.2, 0) is 22.2 Å². The molecule has 1 aromatic heterocycles. The highest BCUT2D eigenvalue weighted by molar-refractivity contribution is 6.62. The molecule has 7 rings (SSSR count). The summed E-state index contributed by atoms with van der Waals surface area (Å²) < 4.78 is 15.0. The highest BCUT2D eigenvalue weighted by Gasteiger charge is 2.51. The predicted molar refractivity (Wildman–Crippen MR) is 149 cm³/mol. The quantitative estimate of drug-likeness (QED) is 0.263. The van der Waals surface area contributed by atoms with E-state index in [9.17, 15) is 0 Å². The second-order valence-corrected chi connectivity index (χ2v) is 11.2. The fraction of sp³-hybridized carbons (Fsp3) is 0.250. The molecule has 0 spiro atoms. The molecule has 0 N–H and O–H groups in total. The first kappa shape index (κ1) is 21.9. The summed E-state index contributed by atoms with van der Waals surface area (Å²) in [5, 5.41) is 2.60. The second-order valence-electron chi connectivity index (χ2n) is 11.2. The number of benzene rings is 4. The Morgan fingerprint density at radius 2 is 1.17 bits per heavy atom. The van der Waals surface area contributed by atoms with Crippen molar-refractivity contribution in [3.8, 4) is 16.8 Å². The monoisotopic (exact) mass is 471 g/mol. The van der Waals surface area contributed by atoms with Gasteiger partial charge in [-0.2, -0.15) is 0 Å². The van der Waals surface area contributed by atoms with Gasteiger partial charge in [-0.15, -0.1) is 0 Å². The standard InChI is InChI=1S/C32H30BNO2/c1-31(2)32(3,4)36-33(35-31)23-15-17-25-21(19-23)13-14-22-20-24(16-18-26(22)25)34-29-11-7-5-9-27(29)28-10-6-8-12-30(28)34/h5-12,15-20H,13-14H2,1-4H3. The topological polar surface area (TPSA) is 23.4 Å². The lowest BCUT2D eigenvalue weighted by Crippen LogP contribution is -2.41. The summed E-state index contributed by atoms with van der Waals surface area (Å²) in [6, 6.07) is 31.1. The molecule has 0 atom stereocenters. The van der Waals surface area contributed by atoms with E-state index < -0.39 is 0 Å². The third-order valence-electron chi connectivity index (χ3n) is 8.54. The molecule has 1 aliphatic heterocycles. The van der Waals surface area contributed by atoms with Crippen LogP contribution in [-0.4, -0.2) is 22.9 Å². The minimum absolute atomic E-state index is 0.320. The van der Waals surface area contributed by atoms with Crippen LogP contribution < -0.4 is 5.46 Å². The Bertz CT molecular complexity index is 1590. The molecule has 1 aliphatic carbocycles.